The van der Waals surface area contributed by atoms with Gasteiger partial charge in [0.15, 0.2) is 0 Å². The van der Waals surface area contributed by atoms with Gasteiger partial charge in [-0.05, 0) is 23.1 Å². The Morgan fingerprint density at radius 1 is 0.583 bits per heavy atom. The number of esters is 1. The van der Waals surface area contributed by atoms with Gasteiger partial charge in [-0.1, -0.05) is 194 Å². The van der Waals surface area contributed by atoms with E-state index < -0.39 is 23.6 Å². The van der Waals surface area contributed by atoms with Crippen molar-refractivity contribution in [3.8, 4) is 0 Å². The third-order valence-electron chi connectivity index (χ3n) is 9.18. The molecule has 6 heteroatoms. The zero-order valence-electron chi connectivity index (χ0n) is 29.6. The number of methoxy groups -OCH3 is 1. The third kappa shape index (κ3) is 13.5. The number of unbranched alkanes of at least 4 members (excludes halogenated alkanes) is 15. The summed E-state index contributed by atoms with van der Waals surface area (Å²) in [6.45, 7) is 2.65. The minimum Gasteiger partial charge on any atom is -0.468 e. The average Bonchev–Trinajstić information content (AvgIpc) is 3.14. The number of carbonyl (C=O) groups excluding carboxylic acids is 2. The van der Waals surface area contributed by atoms with Crippen LogP contribution in [0.25, 0.3) is 0 Å². The fourth-order valence-electron chi connectivity index (χ4n) is 6.46. The Labute approximate surface area is 290 Å². The van der Waals surface area contributed by atoms with Crippen LogP contribution in [0.4, 0.5) is 4.79 Å². The van der Waals surface area contributed by atoms with Crippen molar-refractivity contribution in [3.63, 3.8) is 0 Å². The molecule has 0 saturated carbocycles. The normalized spacial score (nSPS) is 12.0. The highest BCUT2D eigenvalue weighted by molar-refractivity contribution is 5.77. The van der Waals surface area contributed by atoms with E-state index in [4.69, 9.17) is 9.47 Å². The topological polar surface area (TPSA) is 76.7 Å². The van der Waals surface area contributed by atoms with Crippen LogP contribution < -0.4 is 10.6 Å². The first kappa shape index (κ1) is 38.8. The van der Waals surface area contributed by atoms with Crippen molar-refractivity contribution in [3.05, 3.63) is 108 Å². The van der Waals surface area contributed by atoms with Crippen molar-refractivity contribution in [2.45, 2.75) is 121 Å². The number of ether oxygens (including phenoxy) is 2. The van der Waals surface area contributed by atoms with Gasteiger partial charge in [0.1, 0.15) is 12.6 Å². The first-order chi connectivity index (χ1) is 23.6. The molecule has 262 valence electrons. The maximum absolute atomic E-state index is 13.1. The molecule has 0 spiro atoms. The van der Waals surface area contributed by atoms with Crippen LogP contribution in [0.5, 0.6) is 0 Å². The summed E-state index contributed by atoms with van der Waals surface area (Å²) in [6.07, 6.45) is 20.4. The lowest BCUT2D eigenvalue weighted by molar-refractivity contribution is -0.144. The molecule has 3 aromatic rings. The maximum Gasteiger partial charge on any atom is 0.407 e. The Balaban J connectivity index is 1.42. The summed E-state index contributed by atoms with van der Waals surface area (Å²) in [5.41, 5.74) is 1.94. The fourth-order valence-corrected chi connectivity index (χ4v) is 6.46. The van der Waals surface area contributed by atoms with E-state index in [0.29, 0.717) is 6.54 Å². The van der Waals surface area contributed by atoms with Crippen molar-refractivity contribution in [2.24, 2.45) is 0 Å². The maximum atomic E-state index is 13.1. The van der Waals surface area contributed by atoms with Crippen molar-refractivity contribution in [1.29, 1.82) is 0 Å². The minimum absolute atomic E-state index is 0.175. The van der Waals surface area contributed by atoms with Crippen molar-refractivity contribution in [2.75, 3.05) is 20.3 Å². The van der Waals surface area contributed by atoms with Crippen LogP contribution in [0.1, 0.15) is 126 Å². The highest BCUT2D eigenvalue weighted by atomic mass is 16.6. The Hall–Kier alpha value is -3.64. The summed E-state index contributed by atoms with van der Waals surface area (Å²) in [6, 6.07) is 29.1. The van der Waals surface area contributed by atoms with Gasteiger partial charge in [-0.15, -0.1) is 0 Å². The van der Waals surface area contributed by atoms with Crippen LogP contribution in [0.2, 0.25) is 0 Å². The van der Waals surface area contributed by atoms with E-state index in [2.05, 4.69) is 17.6 Å². The molecule has 3 rings (SSSR count). The quantitative estimate of drug-likeness (QED) is 0.0539. The Bertz CT molecular complexity index is 1160. The van der Waals surface area contributed by atoms with E-state index in [1.54, 1.807) is 0 Å². The second kappa shape index (κ2) is 23.6. The van der Waals surface area contributed by atoms with Gasteiger partial charge in [-0.3, -0.25) is 10.1 Å². The van der Waals surface area contributed by atoms with Crippen LogP contribution in [-0.4, -0.2) is 38.4 Å². The lowest BCUT2D eigenvalue weighted by atomic mass is 9.76. The molecule has 0 aliphatic carbocycles. The Morgan fingerprint density at radius 2 is 0.958 bits per heavy atom. The predicted molar refractivity (Wildman–Crippen MR) is 197 cm³/mol. The minimum atomic E-state index is -0.920. The summed E-state index contributed by atoms with van der Waals surface area (Å²) in [4.78, 5) is 25.8. The molecule has 0 aliphatic heterocycles. The molecule has 2 N–H and O–H groups in total. The third-order valence-corrected chi connectivity index (χ3v) is 9.18. The largest absolute Gasteiger partial charge is 0.468 e. The number of nitrogens with one attached hydrogen (secondary N) is 2. The van der Waals surface area contributed by atoms with Crippen LogP contribution in [-0.2, 0) is 19.8 Å². The van der Waals surface area contributed by atoms with Gasteiger partial charge in [0.2, 0.25) is 0 Å². The van der Waals surface area contributed by atoms with Gasteiger partial charge < -0.3 is 14.8 Å². The van der Waals surface area contributed by atoms with Crippen molar-refractivity contribution >= 4 is 12.1 Å². The highest BCUT2D eigenvalue weighted by Crippen LogP contribution is 2.37. The summed E-state index contributed by atoms with van der Waals surface area (Å²) in [5.74, 6) is -0.507. The molecule has 6 nitrogen and oxygen atoms in total. The van der Waals surface area contributed by atoms with E-state index in [9.17, 15) is 9.59 Å². The zero-order chi connectivity index (χ0) is 34.1. The second-order valence-electron chi connectivity index (χ2n) is 12.9. The molecular weight excluding hydrogens is 596 g/mol. The number of carbonyl (C=O) groups is 2. The van der Waals surface area contributed by atoms with Crippen molar-refractivity contribution < 1.29 is 19.1 Å². The van der Waals surface area contributed by atoms with E-state index >= 15 is 0 Å². The Morgan fingerprint density at radius 3 is 1.33 bits per heavy atom. The van der Waals surface area contributed by atoms with Gasteiger partial charge in [-0.25, -0.2) is 4.79 Å². The lowest BCUT2D eigenvalue weighted by Gasteiger charge is -2.39. The molecule has 0 bridgehead atoms. The number of hydrogen-bond donors (Lipinski definition) is 2. The molecule has 0 aromatic heterocycles. The number of amides is 1. The van der Waals surface area contributed by atoms with E-state index in [1.807, 2.05) is 91.0 Å². The molecule has 3 aromatic carbocycles. The molecule has 0 heterocycles. The molecule has 0 radical (unpaired) electrons. The zero-order valence-corrected chi connectivity index (χ0v) is 29.6. The standard InChI is InChI=1S/C42H60N2O4/c1-3-4-5-6-7-8-9-10-11-12-13-14-15-16-17-27-34-43-41(46)48-35-39(40(45)47-2)44-42(36-28-21-18-22-29-36,37-30-23-19-24-31-37)38-32-25-20-26-33-38/h18-26,28-33,39,44H,3-17,27,34-35H2,1-2H3,(H,43,46)/t39-/m0/s1. The summed E-state index contributed by atoms with van der Waals surface area (Å²) < 4.78 is 10.8. The number of rotatable bonds is 25. The van der Waals surface area contributed by atoms with E-state index in [1.165, 1.54) is 97.0 Å². The van der Waals surface area contributed by atoms with Crippen LogP contribution in [0.15, 0.2) is 91.0 Å². The van der Waals surface area contributed by atoms with Gasteiger partial charge in [0.25, 0.3) is 0 Å². The van der Waals surface area contributed by atoms with Gasteiger partial charge >= 0.3 is 12.1 Å². The Kier molecular flexibility index (Phi) is 19.1. The molecular formula is C42H60N2O4. The summed E-state index contributed by atoms with van der Waals surface area (Å²) >= 11 is 0. The first-order valence-corrected chi connectivity index (χ1v) is 18.5. The van der Waals surface area contributed by atoms with Gasteiger partial charge in [0.05, 0.1) is 12.6 Å². The highest BCUT2D eigenvalue weighted by Gasteiger charge is 2.40. The van der Waals surface area contributed by atoms with Crippen LogP contribution in [0, 0.1) is 0 Å². The van der Waals surface area contributed by atoms with E-state index in [-0.39, 0.29) is 6.61 Å². The number of hydrogen-bond acceptors (Lipinski definition) is 5. The molecule has 1 atom stereocenters. The van der Waals surface area contributed by atoms with Crippen LogP contribution in [0.3, 0.4) is 0 Å². The fraction of sp³-hybridized carbons (Fsp3) is 0.524. The smallest absolute Gasteiger partial charge is 0.407 e. The van der Waals surface area contributed by atoms with Crippen molar-refractivity contribution in [1.82, 2.24) is 10.6 Å². The molecule has 0 aliphatic rings. The first-order valence-electron chi connectivity index (χ1n) is 18.5. The molecule has 0 saturated heterocycles. The monoisotopic (exact) mass is 656 g/mol. The molecule has 0 fully saturated rings. The molecule has 0 unspecified atom stereocenters. The van der Waals surface area contributed by atoms with Crippen LogP contribution >= 0.6 is 0 Å². The lowest BCUT2D eigenvalue weighted by Crippen LogP contribution is -2.55. The SMILES string of the molecule is CCCCCCCCCCCCCCCCCCNC(=O)OC[C@H](NC(c1ccccc1)(c1ccccc1)c1ccccc1)C(=O)OC. The van der Waals surface area contributed by atoms with Gasteiger partial charge in [0, 0.05) is 6.54 Å². The molecule has 1 amide bonds. The second-order valence-corrected chi connectivity index (χ2v) is 12.9. The number of benzene rings is 3. The average molecular weight is 657 g/mol. The molecule has 48 heavy (non-hydrogen) atoms. The van der Waals surface area contributed by atoms with Gasteiger partial charge in [-0.2, -0.15) is 0 Å². The number of alkyl carbamates (subject to hydrolysis) is 1. The summed E-state index contributed by atoms with van der Waals surface area (Å²) in [7, 11) is 1.35. The van der Waals surface area contributed by atoms with E-state index in [0.717, 1.165) is 29.5 Å². The summed E-state index contributed by atoms with van der Waals surface area (Å²) in [5, 5.41) is 6.43. The predicted octanol–water partition coefficient (Wildman–Crippen LogP) is 10.1.